The first kappa shape index (κ1) is 14.8. The van der Waals surface area contributed by atoms with Crippen LogP contribution in [-0.2, 0) is 18.0 Å². The maximum atomic E-state index is 12.5. The summed E-state index contributed by atoms with van der Waals surface area (Å²) < 4.78 is 44.9. The summed E-state index contributed by atoms with van der Waals surface area (Å²) in [6.45, 7) is 0.545. The number of nitrogens with zero attached hydrogens (tertiary/aromatic N) is 4. The largest absolute Gasteiger partial charge is 0.435 e. The second-order valence-electron chi connectivity index (χ2n) is 5.03. The molecular weight excluding hydrogens is 299 g/mol. The van der Waals surface area contributed by atoms with Crippen molar-refractivity contribution in [3.8, 4) is 0 Å². The van der Waals surface area contributed by atoms with Gasteiger partial charge in [0.2, 0.25) is 0 Å². The highest BCUT2D eigenvalue weighted by Crippen LogP contribution is 2.31. The molecule has 0 unspecified atom stereocenters. The van der Waals surface area contributed by atoms with Crippen LogP contribution in [0.2, 0.25) is 0 Å². The molecule has 0 aliphatic carbocycles. The minimum Gasteiger partial charge on any atom is -0.368 e. The van der Waals surface area contributed by atoms with Gasteiger partial charge in [-0.15, -0.1) is 10.2 Å². The molecule has 6 nitrogen and oxygen atoms in total. The molecule has 0 saturated carbocycles. The van der Waals surface area contributed by atoms with Crippen molar-refractivity contribution in [2.45, 2.75) is 24.7 Å². The monoisotopic (exact) mass is 313 g/mol. The van der Waals surface area contributed by atoms with Crippen molar-refractivity contribution >= 4 is 5.82 Å². The SMILES string of the molecule is Cn1ccnc1[C@H]1OCC[C@@H]1Nc1ccc(C(F)(F)F)nn1. The molecular formula is C13H14F3N5O. The molecule has 1 saturated heterocycles. The van der Waals surface area contributed by atoms with Gasteiger partial charge in [-0.1, -0.05) is 0 Å². The maximum Gasteiger partial charge on any atom is 0.435 e. The van der Waals surface area contributed by atoms with E-state index in [2.05, 4.69) is 20.5 Å². The summed E-state index contributed by atoms with van der Waals surface area (Å²) in [6, 6.07) is 2.05. The molecule has 9 heteroatoms. The lowest BCUT2D eigenvalue weighted by Crippen LogP contribution is -2.26. The number of aryl methyl sites for hydroxylation is 1. The van der Waals surface area contributed by atoms with Crippen LogP contribution in [0.5, 0.6) is 0 Å². The average Bonchev–Trinajstić information content (AvgIpc) is 3.07. The number of anilines is 1. The lowest BCUT2D eigenvalue weighted by Gasteiger charge is -2.20. The Labute approximate surface area is 124 Å². The van der Waals surface area contributed by atoms with E-state index in [1.165, 1.54) is 6.07 Å². The predicted octanol–water partition coefficient (Wildman–Crippen LogP) is 2.17. The van der Waals surface area contributed by atoms with Gasteiger partial charge in [-0.05, 0) is 18.6 Å². The Hall–Kier alpha value is -2.16. The van der Waals surface area contributed by atoms with E-state index in [1.807, 2.05) is 17.8 Å². The number of imidazole rings is 1. The second-order valence-corrected chi connectivity index (χ2v) is 5.03. The van der Waals surface area contributed by atoms with Gasteiger partial charge < -0.3 is 14.6 Å². The quantitative estimate of drug-likeness (QED) is 0.941. The fourth-order valence-electron chi connectivity index (χ4n) is 2.39. The van der Waals surface area contributed by atoms with E-state index in [-0.39, 0.29) is 18.0 Å². The van der Waals surface area contributed by atoms with Crippen LogP contribution in [-0.4, -0.2) is 32.4 Å². The van der Waals surface area contributed by atoms with Crippen LogP contribution in [0.4, 0.5) is 19.0 Å². The highest BCUT2D eigenvalue weighted by atomic mass is 19.4. The molecule has 0 radical (unpaired) electrons. The fourth-order valence-corrected chi connectivity index (χ4v) is 2.39. The summed E-state index contributed by atoms with van der Waals surface area (Å²) in [5.41, 5.74) is -1.01. The van der Waals surface area contributed by atoms with Gasteiger partial charge in [0.25, 0.3) is 0 Å². The Bertz CT molecular complexity index is 640. The van der Waals surface area contributed by atoms with E-state index in [0.29, 0.717) is 13.0 Å². The van der Waals surface area contributed by atoms with Crippen molar-refractivity contribution in [2.75, 3.05) is 11.9 Å². The van der Waals surface area contributed by atoms with E-state index >= 15 is 0 Å². The summed E-state index contributed by atoms with van der Waals surface area (Å²) in [4.78, 5) is 4.25. The summed E-state index contributed by atoms with van der Waals surface area (Å²) >= 11 is 0. The second kappa shape index (κ2) is 5.56. The van der Waals surface area contributed by atoms with E-state index in [9.17, 15) is 13.2 Å². The van der Waals surface area contributed by atoms with Crippen molar-refractivity contribution in [1.82, 2.24) is 19.7 Å². The van der Waals surface area contributed by atoms with Gasteiger partial charge in [0.1, 0.15) is 17.7 Å². The van der Waals surface area contributed by atoms with Crippen LogP contribution in [0.25, 0.3) is 0 Å². The number of hydrogen-bond acceptors (Lipinski definition) is 5. The van der Waals surface area contributed by atoms with Crippen LogP contribution in [0.3, 0.4) is 0 Å². The molecule has 2 aromatic heterocycles. The third-order valence-corrected chi connectivity index (χ3v) is 3.49. The minimum absolute atomic E-state index is 0.118. The van der Waals surface area contributed by atoms with E-state index in [1.54, 1.807) is 6.20 Å². The molecule has 22 heavy (non-hydrogen) atoms. The summed E-state index contributed by atoms with van der Waals surface area (Å²) in [7, 11) is 1.86. The summed E-state index contributed by atoms with van der Waals surface area (Å²) in [5, 5.41) is 9.85. The Balaban J connectivity index is 1.74. The van der Waals surface area contributed by atoms with E-state index in [0.717, 1.165) is 11.9 Å². The molecule has 0 amide bonds. The van der Waals surface area contributed by atoms with Crippen LogP contribution >= 0.6 is 0 Å². The molecule has 1 fully saturated rings. The first-order valence-electron chi connectivity index (χ1n) is 6.71. The van der Waals surface area contributed by atoms with Gasteiger partial charge in [-0.25, -0.2) is 4.98 Å². The molecule has 0 bridgehead atoms. The number of alkyl halides is 3. The first-order chi connectivity index (χ1) is 10.4. The Morgan fingerprint density at radius 1 is 1.32 bits per heavy atom. The molecule has 2 aromatic rings. The first-order valence-corrected chi connectivity index (χ1v) is 6.71. The molecule has 0 aromatic carbocycles. The van der Waals surface area contributed by atoms with Crippen LogP contribution in [0, 0.1) is 0 Å². The van der Waals surface area contributed by atoms with Crippen LogP contribution < -0.4 is 5.32 Å². The lowest BCUT2D eigenvalue weighted by molar-refractivity contribution is -0.141. The maximum absolute atomic E-state index is 12.5. The van der Waals surface area contributed by atoms with Crippen LogP contribution in [0.15, 0.2) is 24.5 Å². The van der Waals surface area contributed by atoms with E-state index in [4.69, 9.17) is 4.74 Å². The van der Waals surface area contributed by atoms with Gasteiger partial charge in [-0.2, -0.15) is 13.2 Å². The Kier molecular flexibility index (Phi) is 3.73. The Morgan fingerprint density at radius 2 is 2.14 bits per heavy atom. The van der Waals surface area contributed by atoms with Crippen LogP contribution in [0.1, 0.15) is 24.0 Å². The van der Waals surface area contributed by atoms with Gasteiger partial charge in [0.15, 0.2) is 5.69 Å². The summed E-state index contributed by atoms with van der Waals surface area (Å²) in [5.74, 6) is 1.04. The molecule has 1 aliphatic rings. The highest BCUT2D eigenvalue weighted by Gasteiger charge is 2.34. The molecule has 3 rings (SSSR count). The zero-order chi connectivity index (χ0) is 15.7. The molecule has 1 aliphatic heterocycles. The smallest absolute Gasteiger partial charge is 0.368 e. The minimum atomic E-state index is -4.49. The molecule has 2 atom stereocenters. The molecule has 3 heterocycles. The topological polar surface area (TPSA) is 64.9 Å². The summed E-state index contributed by atoms with van der Waals surface area (Å²) in [6.07, 6.45) is -0.570. The number of nitrogens with one attached hydrogen (secondary N) is 1. The number of hydrogen-bond donors (Lipinski definition) is 1. The number of halogens is 3. The van der Waals surface area contributed by atoms with Crippen molar-refractivity contribution in [1.29, 1.82) is 0 Å². The van der Waals surface area contributed by atoms with Gasteiger partial charge in [0.05, 0.1) is 6.04 Å². The van der Waals surface area contributed by atoms with Crippen molar-refractivity contribution in [3.63, 3.8) is 0 Å². The third kappa shape index (κ3) is 2.89. The zero-order valence-electron chi connectivity index (χ0n) is 11.7. The standard InChI is InChI=1S/C13H14F3N5O/c1-21-6-5-17-12(21)11-8(4-7-22-11)18-10-3-2-9(19-20-10)13(14,15)16/h2-3,5-6,8,11H,4,7H2,1H3,(H,18,20)/t8-,11-/m0/s1. The van der Waals surface area contributed by atoms with Crippen molar-refractivity contribution in [2.24, 2.45) is 7.05 Å². The van der Waals surface area contributed by atoms with Gasteiger partial charge >= 0.3 is 6.18 Å². The number of rotatable bonds is 3. The molecule has 0 spiro atoms. The highest BCUT2D eigenvalue weighted by molar-refractivity contribution is 5.35. The van der Waals surface area contributed by atoms with E-state index < -0.39 is 11.9 Å². The lowest BCUT2D eigenvalue weighted by atomic mass is 10.1. The van der Waals surface area contributed by atoms with Crippen molar-refractivity contribution < 1.29 is 17.9 Å². The van der Waals surface area contributed by atoms with Gasteiger partial charge in [0, 0.05) is 26.0 Å². The van der Waals surface area contributed by atoms with Crippen molar-refractivity contribution in [3.05, 3.63) is 36.0 Å². The predicted molar refractivity (Wildman–Crippen MR) is 71.0 cm³/mol. The normalized spacial score (nSPS) is 22.0. The number of ether oxygens (including phenoxy) is 1. The third-order valence-electron chi connectivity index (χ3n) is 3.49. The Morgan fingerprint density at radius 3 is 2.73 bits per heavy atom. The zero-order valence-corrected chi connectivity index (χ0v) is 11.7. The molecule has 118 valence electrons. The average molecular weight is 313 g/mol. The fraction of sp³-hybridized carbons (Fsp3) is 0.462. The number of aromatic nitrogens is 4. The van der Waals surface area contributed by atoms with Gasteiger partial charge in [-0.3, -0.25) is 0 Å². The molecule has 1 N–H and O–H groups in total.